The van der Waals surface area contributed by atoms with E-state index in [1.807, 2.05) is 48.5 Å². The van der Waals surface area contributed by atoms with E-state index in [0.29, 0.717) is 17.4 Å². The highest BCUT2D eigenvalue weighted by Crippen LogP contribution is 2.26. The zero-order chi connectivity index (χ0) is 13.5. The molecule has 2 nitrogen and oxygen atoms in total. The molecule has 0 saturated heterocycles. The lowest BCUT2D eigenvalue weighted by atomic mass is 10.2. The minimum atomic E-state index is 0.183. The van der Waals surface area contributed by atoms with Gasteiger partial charge in [-0.2, -0.15) is 0 Å². The van der Waals surface area contributed by atoms with Gasteiger partial charge < -0.3 is 9.47 Å². The minimum Gasteiger partial charge on any atom is -0.466 e. The highest BCUT2D eigenvalue weighted by atomic mass is 79.9. The van der Waals surface area contributed by atoms with Crippen LogP contribution in [0.5, 0.6) is 5.75 Å². The molecule has 0 aliphatic heterocycles. The van der Waals surface area contributed by atoms with Crippen LogP contribution in [0.15, 0.2) is 48.5 Å². The molecule has 0 aliphatic carbocycles. The zero-order valence-electron chi connectivity index (χ0n) is 10.3. The second-order valence-electron chi connectivity index (χ2n) is 3.99. The average Bonchev–Trinajstić information content (AvgIpc) is 2.46. The first-order chi connectivity index (χ1) is 9.29. The largest absolute Gasteiger partial charge is 0.466 e. The third kappa shape index (κ3) is 4.53. The first-order valence-electron chi connectivity index (χ1n) is 5.88. The summed E-state index contributed by atoms with van der Waals surface area (Å²) in [6, 6.07) is 15.7. The van der Waals surface area contributed by atoms with Crippen molar-refractivity contribution in [3.8, 4) is 5.75 Å². The summed E-state index contributed by atoms with van der Waals surface area (Å²) in [5, 5.41) is 1.37. The van der Waals surface area contributed by atoms with Crippen LogP contribution in [0, 0.1) is 0 Å². The van der Waals surface area contributed by atoms with Crippen LogP contribution in [0.4, 0.5) is 0 Å². The predicted octanol–water partition coefficient (Wildman–Crippen LogP) is 4.79. The van der Waals surface area contributed by atoms with Crippen LogP contribution in [0.25, 0.3) is 0 Å². The fourth-order valence-corrected chi connectivity index (χ4v) is 2.19. The Balaban J connectivity index is 1.80. The van der Waals surface area contributed by atoms with Crippen molar-refractivity contribution in [1.82, 2.24) is 0 Å². The van der Waals surface area contributed by atoms with Crippen LogP contribution in [-0.4, -0.2) is 6.79 Å². The molecule has 0 bridgehead atoms. The average molecular weight is 342 g/mol. The molecular weight excluding hydrogens is 328 g/mol. The van der Waals surface area contributed by atoms with Gasteiger partial charge in [0, 0.05) is 5.33 Å². The molecular formula is C15H14BrClO2. The number of halogens is 2. The van der Waals surface area contributed by atoms with E-state index in [1.165, 1.54) is 0 Å². The smallest absolute Gasteiger partial charge is 0.189 e. The summed E-state index contributed by atoms with van der Waals surface area (Å²) in [7, 11) is 0. The molecule has 2 aromatic rings. The fourth-order valence-electron chi connectivity index (χ4n) is 1.58. The Hall–Kier alpha value is -1.03. The highest BCUT2D eigenvalue weighted by molar-refractivity contribution is 9.08. The molecule has 100 valence electrons. The first kappa shape index (κ1) is 14.4. The van der Waals surface area contributed by atoms with Gasteiger partial charge in [-0.15, -0.1) is 0 Å². The summed E-state index contributed by atoms with van der Waals surface area (Å²) >= 11 is 9.48. The van der Waals surface area contributed by atoms with Crippen molar-refractivity contribution in [2.24, 2.45) is 0 Å². The van der Waals surface area contributed by atoms with Crippen molar-refractivity contribution in [3.63, 3.8) is 0 Å². The molecule has 0 amide bonds. The van der Waals surface area contributed by atoms with Crippen molar-refractivity contribution in [1.29, 1.82) is 0 Å². The molecule has 0 fully saturated rings. The molecule has 2 aromatic carbocycles. The Labute approximate surface area is 126 Å². The van der Waals surface area contributed by atoms with Gasteiger partial charge in [0.15, 0.2) is 6.79 Å². The molecule has 0 heterocycles. The maximum Gasteiger partial charge on any atom is 0.189 e. The van der Waals surface area contributed by atoms with Gasteiger partial charge >= 0.3 is 0 Å². The van der Waals surface area contributed by atoms with Crippen molar-refractivity contribution in [3.05, 3.63) is 64.7 Å². The van der Waals surface area contributed by atoms with Crippen molar-refractivity contribution < 1.29 is 9.47 Å². The molecule has 0 unspecified atom stereocenters. The van der Waals surface area contributed by atoms with E-state index in [2.05, 4.69) is 15.9 Å². The number of alkyl halides is 1. The Morgan fingerprint density at radius 1 is 1.00 bits per heavy atom. The number of benzene rings is 2. The molecule has 0 aromatic heterocycles. The van der Waals surface area contributed by atoms with E-state index < -0.39 is 0 Å². The van der Waals surface area contributed by atoms with Gasteiger partial charge in [-0.3, -0.25) is 0 Å². The van der Waals surface area contributed by atoms with Crippen LogP contribution in [0.1, 0.15) is 11.1 Å². The summed E-state index contributed by atoms with van der Waals surface area (Å²) in [6.45, 7) is 0.709. The van der Waals surface area contributed by atoms with Crippen molar-refractivity contribution >= 4 is 27.5 Å². The SMILES string of the molecule is Clc1cc(CBr)ccc1OCOCc1ccccc1. The summed E-state index contributed by atoms with van der Waals surface area (Å²) in [6.07, 6.45) is 0. The third-order valence-corrected chi connectivity index (χ3v) is 3.50. The topological polar surface area (TPSA) is 18.5 Å². The number of rotatable bonds is 6. The predicted molar refractivity (Wildman–Crippen MR) is 80.8 cm³/mol. The Bertz CT molecular complexity index is 517. The van der Waals surface area contributed by atoms with Crippen LogP contribution in [-0.2, 0) is 16.7 Å². The maximum absolute atomic E-state index is 6.10. The normalized spacial score (nSPS) is 10.4. The van der Waals surface area contributed by atoms with E-state index in [1.54, 1.807) is 0 Å². The van der Waals surface area contributed by atoms with Gasteiger partial charge in [-0.25, -0.2) is 0 Å². The minimum absolute atomic E-state index is 0.183. The van der Waals surface area contributed by atoms with Gasteiger partial charge in [-0.05, 0) is 23.3 Å². The zero-order valence-corrected chi connectivity index (χ0v) is 12.7. The van der Waals surface area contributed by atoms with E-state index in [0.717, 1.165) is 16.5 Å². The van der Waals surface area contributed by atoms with Gasteiger partial charge in [0.05, 0.1) is 11.6 Å². The van der Waals surface area contributed by atoms with Gasteiger partial charge in [-0.1, -0.05) is 63.9 Å². The molecule has 0 saturated carbocycles. The quantitative estimate of drug-likeness (QED) is 0.427. The number of hydrogen-bond donors (Lipinski definition) is 0. The molecule has 2 rings (SSSR count). The van der Waals surface area contributed by atoms with Crippen LogP contribution in [0.3, 0.4) is 0 Å². The van der Waals surface area contributed by atoms with Crippen LogP contribution >= 0.6 is 27.5 Å². The number of hydrogen-bond acceptors (Lipinski definition) is 2. The van der Waals surface area contributed by atoms with Crippen molar-refractivity contribution in [2.45, 2.75) is 11.9 Å². The van der Waals surface area contributed by atoms with E-state index >= 15 is 0 Å². The molecule has 0 aliphatic rings. The lowest BCUT2D eigenvalue weighted by molar-refractivity contribution is 0.00509. The second-order valence-corrected chi connectivity index (χ2v) is 4.96. The molecule has 0 spiro atoms. The maximum atomic E-state index is 6.10. The van der Waals surface area contributed by atoms with Crippen molar-refractivity contribution in [2.75, 3.05) is 6.79 Å². The Morgan fingerprint density at radius 2 is 1.79 bits per heavy atom. The standard InChI is InChI=1S/C15H14BrClO2/c16-9-13-6-7-15(14(17)8-13)19-11-18-10-12-4-2-1-3-5-12/h1-8H,9-11H2. The number of ether oxygens (including phenoxy) is 2. The molecule has 0 N–H and O–H groups in total. The lowest BCUT2D eigenvalue weighted by Crippen LogP contribution is -2.03. The molecule has 0 radical (unpaired) electrons. The van der Waals surface area contributed by atoms with Gasteiger partial charge in [0.2, 0.25) is 0 Å². The second kappa shape index (κ2) is 7.53. The molecule has 19 heavy (non-hydrogen) atoms. The lowest BCUT2D eigenvalue weighted by Gasteiger charge is -2.09. The van der Waals surface area contributed by atoms with Gasteiger partial charge in [0.25, 0.3) is 0 Å². The first-order valence-corrected chi connectivity index (χ1v) is 7.38. The van der Waals surface area contributed by atoms with E-state index in [9.17, 15) is 0 Å². The van der Waals surface area contributed by atoms with E-state index in [4.69, 9.17) is 21.1 Å². The third-order valence-electron chi connectivity index (χ3n) is 2.56. The monoisotopic (exact) mass is 340 g/mol. The summed E-state index contributed by atoms with van der Waals surface area (Å²) in [5.41, 5.74) is 2.23. The summed E-state index contributed by atoms with van der Waals surface area (Å²) in [5.74, 6) is 0.638. The Kier molecular flexibility index (Phi) is 5.70. The van der Waals surface area contributed by atoms with Gasteiger partial charge in [0.1, 0.15) is 5.75 Å². The van der Waals surface area contributed by atoms with E-state index in [-0.39, 0.29) is 6.79 Å². The fraction of sp³-hybridized carbons (Fsp3) is 0.200. The molecule has 4 heteroatoms. The van der Waals surface area contributed by atoms with Crippen LogP contribution in [0.2, 0.25) is 5.02 Å². The highest BCUT2D eigenvalue weighted by Gasteiger charge is 2.02. The Morgan fingerprint density at radius 3 is 2.47 bits per heavy atom. The van der Waals surface area contributed by atoms with Crippen LogP contribution < -0.4 is 4.74 Å². The summed E-state index contributed by atoms with van der Waals surface area (Å²) in [4.78, 5) is 0. The molecule has 0 atom stereocenters. The summed E-state index contributed by atoms with van der Waals surface area (Å²) < 4.78 is 10.9.